The van der Waals surface area contributed by atoms with E-state index in [1.807, 2.05) is 0 Å². The van der Waals surface area contributed by atoms with Gasteiger partial charge >= 0.3 is 0 Å². The molecule has 0 heterocycles. The Bertz CT molecular complexity index is 89.7. The number of halogens is 4. The standard InChI is InChI=1S/C6H9F4/c1-2-3-6(9,10)4-5(7)8/h5H,1-4H2. The fourth-order valence-electron chi connectivity index (χ4n) is 0.586. The van der Waals surface area contributed by atoms with Crippen LogP contribution >= 0.6 is 0 Å². The maximum absolute atomic E-state index is 12.2. The Kier molecular flexibility index (Phi) is 3.68. The molecule has 0 spiro atoms. The van der Waals surface area contributed by atoms with E-state index >= 15 is 0 Å². The molecule has 0 aliphatic carbocycles. The summed E-state index contributed by atoms with van der Waals surface area (Å²) in [4.78, 5) is 0. The fraction of sp³-hybridized carbons (Fsp3) is 0.833. The third-order valence-corrected chi connectivity index (χ3v) is 0.995. The number of rotatable bonds is 4. The van der Waals surface area contributed by atoms with Crippen molar-refractivity contribution in [2.75, 3.05) is 0 Å². The highest BCUT2D eigenvalue weighted by Gasteiger charge is 2.31. The lowest BCUT2D eigenvalue weighted by atomic mass is 10.1. The van der Waals surface area contributed by atoms with Gasteiger partial charge < -0.3 is 0 Å². The zero-order valence-electron chi connectivity index (χ0n) is 5.42. The van der Waals surface area contributed by atoms with Gasteiger partial charge in [-0.15, -0.1) is 0 Å². The second-order valence-electron chi connectivity index (χ2n) is 2.05. The maximum atomic E-state index is 12.2. The van der Waals surface area contributed by atoms with E-state index in [4.69, 9.17) is 0 Å². The molecule has 0 unspecified atom stereocenters. The predicted molar refractivity (Wildman–Crippen MR) is 30.2 cm³/mol. The molecule has 0 aromatic carbocycles. The summed E-state index contributed by atoms with van der Waals surface area (Å²) in [5, 5.41) is 0. The molecule has 0 N–H and O–H groups in total. The van der Waals surface area contributed by atoms with Gasteiger partial charge in [0.15, 0.2) is 0 Å². The first-order valence-electron chi connectivity index (χ1n) is 2.93. The average molecular weight is 157 g/mol. The summed E-state index contributed by atoms with van der Waals surface area (Å²) >= 11 is 0. The van der Waals surface area contributed by atoms with E-state index in [0.29, 0.717) is 0 Å². The van der Waals surface area contributed by atoms with Crippen LogP contribution in [0.1, 0.15) is 19.3 Å². The molecule has 4 heteroatoms. The molecule has 0 aromatic heterocycles. The molecule has 0 nitrogen and oxygen atoms in total. The van der Waals surface area contributed by atoms with Gasteiger partial charge in [-0.3, -0.25) is 0 Å². The summed E-state index contributed by atoms with van der Waals surface area (Å²) in [5.41, 5.74) is 0. The van der Waals surface area contributed by atoms with Crippen LogP contribution in [0.3, 0.4) is 0 Å². The van der Waals surface area contributed by atoms with E-state index in [2.05, 4.69) is 6.92 Å². The maximum Gasteiger partial charge on any atom is 0.253 e. The van der Waals surface area contributed by atoms with Gasteiger partial charge in [0.25, 0.3) is 5.92 Å². The van der Waals surface area contributed by atoms with Crippen molar-refractivity contribution < 1.29 is 17.6 Å². The summed E-state index contributed by atoms with van der Waals surface area (Å²) in [5.74, 6) is -3.24. The normalized spacial score (nSPS) is 12.6. The van der Waals surface area contributed by atoms with E-state index < -0.39 is 25.2 Å². The van der Waals surface area contributed by atoms with Crippen LogP contribution in [0.25, 0.3) is 0 Å². The smallest absolute Gasteiger partial charge is 0.210 e. The second-order valence-corrected chi connectivity index (χ2v) is 2.05. The van der Waals surface area contributed by atoms with Gasteiger partial charge in [-0.2, -0.15) is 0 Å². The molecule has 0 saturated carbocycles. The van der Waals surface area contributed by atoms with Crippen molar-refractivity contribution in [3.05, 3.63) is 6.92 Å². The van der Waals surface area contributed by atoms with Crippen molar-refractivity contribution in [2.24, 2.45) is 0 Å². The van der Waals surface area contributed by atoms with E-state index in [9.17, 15) is 17.6 Å². The highest BCUT2D eigenvalue weighted by molar-refractivity contribution is 4.67. The highest BCUT2D eigenvalue weighted by Crippen LogP contribution is 2.27. The average Bonchev–Trinajstić information content (AvgIpc) is 1.59. The lowest BCUT2D eigenvalue weighted by Crippen LogP contribution is -2.19. The molecule has 61 valence electrons. The fourth-order valence-corrected chi connectivity index (χ4v) is 0.586. The van der Waals surface area contributed by atoms with Gasteiger partial charge in [-0.25, -0.2) is 17.6 Å². The van der Waals surface area contributed by atoms with E-state index in [1.165, 1.54) is 0 Å². The number of hydrogen-bond donors (Lipinski definition) is 0. The lowest BCUT2D eigenvalue weighted by molar-refractivity contribution is -0.0590. The molecule has 1 radical (unpaired) electrons. The van der Waals surface area contributed by atoms with Crippen LogP contribution in [0.5, 0.6) is 0 Å². The Morgan fingerprint density at radius 3 is 2.10 bits per heavy atom. The molecular formula is C6H9F4. The molecule has 0 saturated heterocycles. The molecule has 0 fully saturated rings. The van der Waals surface area contributed by atoms with Crippen LogP contribution < -0.4 is 0 Å². The Balaban J connectivity index is 3.63. The summed E-state index contributed by atoms with van der Waals surface area (Å²) in [6.45, 7) is 3.15. The van der Waals surface area contributed by atoms with Crippen molar-refractivity contribution in [1.82, 2.24) is 0 Å². The van der Waals surface area contributed by atoms with Crippen LogP contribution in [-0.4, -0.2) is 12.3 Å². The van der Waals surface area contributed by atoms with Crippen molar-refractivity contribution >= 4 is 0 Å². The third kappa shape index (κ3) is 4.58. The van der Waals surface area contributed by atoms with Gasteiger partial charge in [0, 0.05) is 6.42 Å². The Morgan fingerprint density at radius 2 is 1.80 bits per heavy atom. The minimum Gasteiger partial charge on any atom is -0.210 e. The summed E-state index contributed by atoms with van der Waals surface area (Å²) in [6, 6.07) is 0. The molecule has 0 rings (SSSR count). The van der Waals surface area contributed by atoms with Gasteiger partial charge in [0.05, 0.1) is 6.42 Å². The summed E-state index contributed by atoms with van der Waals surface area (Å²) in [6.07, 6.45) is -4.85. The van der Waals surface area contributed by atoms with Crippen LogP contribution in [0.2, 0.25) is 0 Å². The Morgan fingerprint density at radius 1 is 1.30 bits per heavy atom. The third-order valence-electron chi connectivity index (χ3n) is 0.995. The largest absolute Gasteiger partial charge is 0.253 e. The molecule has 0 amide bonds. The summed E-state index contributed by atoms with van der Waals surface area (Å²) < 4.78 is 47.0. The topological polar surface area (TPSA) is 0 Å². The van der Waals surface area contributed by atoms with Gasteiger partial charge in [-0.05, 0) is 6.42 Å². The number of alkyl halides is 4. The van der Waals surface area contributed by atoms with Crippen LogP contribution in [0.4, 0.5) is 17.6 Å². The molecule has 0 atom stereocenters. The van der Waals surface area contributed by atoms with Gasteiger partial charge in [0.1, 0.15) is 0 Å². The van der Waals surface area contributed by atoms with Gasteiger partial charge in [0.2, 0.25) is 6.43 Å². The minimum absolute atomic E-state index is 0.0142. The lowest BCUT2D eigenvalue weighted by Gasteiger charge is -2.13. The SMILES string of the molecule is [CH2]CCC(F)(F)CC(F)F. The Labute approximate surface area is 57.2 Å². The Hall–Kier alpha value is -0.280. The van der Waals surface area contributed by atoms with E-state index in [1.54, 1.807) is 0 Å². The van der Waals surface area contributed by atoms with Crippen LogP contribution in [0.15, 0.2) is 0 Å². The zero-order valence-corrected chi connectivity index (χ0v) is 5.42. The van der Waals surface area contributed by atoms with Crippen molar-refractivity contribution in [3.63, 3.8) is 0 Å². The predicted octanol–water partition coefficient (Wildman–Crippen LogP) is 2.89. The van der Waals surface area contributed by atoms with E-state index in [-0.39, 0.29) is 6.42 Å². The molecule has 0 aliphatic heterocycles. The van der Waals surface area contributed by atoms with Crippen LogP contribution in [0, 0.1) is 6.92 Å². The molecule has 10 heavy (non-hydrogen) atoms. The molecule has 0 aliphatic rings. The zero-order chi connectivity index (χ0) is 8.20. The second kappa shape index (κ2) is 3.78. The monoisotopic (exact) mass is 157 g/mol. The first-order chi connectivity index (χ1) is 4.48. The van der Waals surface area contributed by atoms with E-state index in [0.717, 1.165) is 0 Å². The van der Waals surface area contributed by atoms with Crippen LogP contribution in [-0.2, 0) is 0 Å². The highest BCUT2D eigenvalue weighted by atomic mass is 19.3. The van der Waals surface area contributed by atoms with Crippen molar-refractivity contribution in [1.29, 1.82) is 0 Å². The molecular weight excluding hydrogens is 148 g/mol. The minimum atomic E-state index is -3.24. The quantitative estimate of drug-likeness (QED) is 0.550. The van der Waals surface area contributed by atoms with Crippen molar-refractivity contribution in [3.8, 4) is 0 Å². The summed E-state index contributed by atoms with van der Waals surface area (Å²) in [7, 11) is 0. The number of hydrogen-bond acceptors (Lipinski definition) is 0. The van der Waals surface area contributed by atoms with Gasteiger partial charge in [-0.1, -0.05) is 6.92 Å². The first-order valence-corrected chi connectivity index (χ1v) is 2.93. The first kappa shape index (κ1) is 9.72. The molecule has 0 bridgehead atoms. The van der Waals surface area contributed by atoms with Crippen molar-refractivity contribution in [2.45, 2.75) is 31.6 Å². The molecule has 0 aromatic rings.